The Hall–Kier alpha value is -4.05. The number of nitrogens with two attached hydrogens (primary N) is 1. The van der Waals surface area contributed by atoms with E-state index in [4.69, 9.17) is 20.4 Å². The zero-order valence-corrected chi connectivity index (χ0v) is 34.9. The summed E-state index contributed by atoms with van der Waals surface area (Å²) in [6, 6.07) is 5.08. The van der Waals surface area contributed by atoms with Gasteiger partial charge < -0.3 is 30.5 Å². The van der Waals surface area contributed by atoms with Crippen LogP contribution in [-0.4, -0.2) is 78.5 Å². The third kappa shape index (κ3) is 9.00. The molecule has 3 N–H and O–H groups in total. The number of anilines is 3. The number of likely N-dealkylation sites (tertiary alicyclic amines) is 1. The standard InChI is InChI=1S/C32H34FN7O2S.C9H21N.C2H6/c1-3-7-18-24(17-9-10-22(33)28-25(17)19(14-34)29(35)43-28)20-15-42-16-21(20)26-27(18)37-32(40-12-4-5-13-40)38-30(26)36-23-8-6-11-39(2)31(23)41;1-4-6-7-9-10(3)8-5-2;1-2/h9-10,23H,3-8,11-13,15-16,35H2,1-2H3,(H,36,37,38);4-9H2,1-3H3;1-2H3. The second-order valence-electron chi connectivity index (χ2n) is 14.7. The van der Waals surface area contributed by atoms with E-state index in [9.17, 15) is 10.1 Å². The van der Waals surface area contributed by atoms with E-state index in [1.54, 1.807) is 11.0 Å². The maximum Gasteiger partial charge on any atom is 0.244 e. The monoisotopic (exact) mass is 772 g/mol. The molecule has 10 nitrogen and oxygen atoms in total. The number of carbonyl (C=O) groups is 1. The first-order chi connectivity index (χ1) is 26.7. The first-order valence-corrected chi connectivity index (χ1v) is 21.4. The summed E-state index contributed by atoms with van der Waals surface area (Å²) in [6.45, 7) is 16.4. The summed E-state index contributed by atoms with van der Waals surface area (Å²) in [7, 11) is 4.05. The van der Waals surface area contributed by atoms with Crippen molar-refractivity contribution >= 4 is 55.0 Å². The lowest BCUT2D eigenvalue weighted by atomic mass is 9.85. The molecule has 7 rings (SSSR count). The van der Waals surface area contributed by atoms with Gasteiger partial charge in [-0.2, -0.15) is 10.2 Å². The van der Waals surface area contributed by atoms with Gasteiger partial charge in [0.25, 0.3) is 0 Å². The third-order valence-corrected chi connectivity index (χ3v) is 11.8. The van der Waals surface area contributed by atoms with Gasteiger partial charge in [0.05, 0.1) is 29.0 Å². The number of likely N-dealkylation sites (N-methyl/N-ethyl adjacent to an activating group) is 1. The minimum Gasteiger partial charge on any atom is -0.389 e. The van der Waals surface area contributed by atoms with Gasteiger partial charge in [-0.05, 0) is 99.0 Å². The average molecular weight is 773 g/mol. The fraction of sp³-hybridized carbons (Fsp3) is 0.581. The minimum atomic E-state index is -0.394. The highest BCUT2D eigenvalue weighted by Gasteiger charge is 2.33. The number of ether oxygens (including phenoxy) is 1. The molecule has 12 heteroatoms. The van der Waals surface area contributed by atoms with Crippen molar-refractivity contribution in [3.05, 3.63) is 40.2 Å². The van der Waals surface area contributed by atoms with Crippen LogP contribution in [0.4, 0.5) is 21.2 Å². The molecule has 4 aromatic rings. The molecule has 3 aliphatic rings. The number of carbonyl (C=O) groups excluding carboxylic acids is 1. The van der Waals surface area contributed by atoms with Gasteiger partial charge in [-0.3, -0.25) is 4.79 Å². The lowest BCUT2D eigenvalue weighted by Gasteiger charge is -2.31. The molecule has 0 aliphatic carbocycles. The molecule has 2 saturated heterocycles. The van der Waals surface area contributed by atoms with Gasteiger partial charge in [0.2, 0.25) is 11.9 Å². The normalized spacial score (nSPS) is 16.6. The van der Waals surface area contributed by atoms with E-state index in [1.165, 1.54) is 44.8 Å². The van der Waals surface area contributed by atoms with E-state index in [1.807, 2.05) is 20.9 Å². The molecule has 2 fully saturated rings. The average Bonchev–Trinajstić information content (AvgIpc) is 3.97. The fourth-order valence-corrected chi connectivity index (χ4v) is 9.03. The van der Waals surface area contributed by atoms with E-state index in [0.717, 1.165) is 102 Å². The van der Waals surface area contributed by atoms with Crippen LogP contribution in [-0.2, 0) is 29.2 Å². The third-order valence-electron chi connectivity index (χ3n) is 10.8. The Morgan fingerprint density at radius 1 is 1.02 bits per heavy atom. The van der Waals surface area contributed by atoms with Crippen molar-refractivity contribution in [1.82, 2.24) is 19.8 Å². The Kier molecular flexibility index (Phi) is 15.1. The number of nitrogens with one attached hydrogen (secondary N) is 1. The van der Waals surface area contributed by atoms with Crippen molar-refractivity contribution < 1.29 is 13.9 Å². The maximum atomic E-state index is 15.1. The van der Waals surface area contributed by atoms with Crippen LogP contribution in [0.1, 0.15) is 115 Å². The number of nitrogen functional groups attached to an aromatic ring is 1. The molecule has 1 unspecified atom stereocenters. The molecule has 1 amide bonds. The van der Waals surface area contributed by atoms with Gasteiger partial charge in [0.15, 0.2) is 0 Å². The highest BCUT2D eigenvalue weighted by Crippen LogP contribution is 2.48. The second kappa shape index (κ2) is 19.7. The van der Waals surface area contributed by atoms with Gasteiger partial charge in [-0.1, -0.05) is 59.9 Å². The summed E-state index contributed by atoms with van der Waals surface area (Å²) in [5, 5.41) is 15.3. The topological polar surface area (TPSA) is 124 Å². The van der Waals surface area contributed by atoms with E-state index in [0.29, 0.717) is 52.1 Å². The number of unbranched alkanes of at least 4 members (excludes halogenated alkanes) is 2. The summed E-state index contributed by atoms with van der Waals surface area (Å²) < 4.78 is 21.6. The van der Waals surface area contributed by atoms with Crippen LogP contribution < -0.4 is 16.0 Å². The van der Waals surface area contributed by atoms with Crippen molar-refractivity contribution in [3.63, 3.8) is 0 Å². The molecule has 5 heterocycles. The number of piperidine rings is 1. The number of hydrogen-bond donors (Lipinski definition) is 2. The molecule has 1 atom stereocenters. The highest BCUT2D eigenvalue weighted by atomic mass is 32.1. The Morgan fingerprint density at radius 3 is 2.45 bits per heavy atom. The summed E-state index contributed by atoms with van der Waals surface area (Å²) in [5.41, 5.74) is 12.0. The number of rotatable bonds is 12. The first kappa shape index (κ1) is 42.1. The molecule has 55 heavy (non-hydrogen) atoms. The van der Waals surface area contributed by atoms with Crippen LogP contribution >= 0.6 is 11.3 Å². The molecular weight excluding hydrogens is 712 g/mol. The summed E-state index contributed by atoms with van der Waals surface area (Å²) >= 11 is 1.11. The number of nitriles is 1. The maximum absolute atomic E-state index is 15.1. The Morgan fingerprint density at radius 2 is 1.76 bits per heavy atom. The lowest BCUT2D eigenvalue weighted by molar-refractivity contribution is -0.132. The van der Waals surface area contributed by atoms with Gasteiger partial charge in [0, 0.05) is 37.5 Å². The predicted octanol–water partition coefficient (Wildman–Crippen LogP) is 9.26. The van der Waals surface area contributed by atoms with Gasteiger partial charge in [-0.15, -0.1) is 11.3 Å². The number of aromatic nitrogens is 2. The largest absolute Gasteiger partial charge is 0.389 e. The number of amides is 1. The highest BCUT2D eigenvalue weighted by molar-refractivity contribution is 7.23. The Bertz CT molecular complexity index is 1990. The number of hydrogen-bond acceptors (Lipinski definition) is 10. The van der Waals surface area contributed by atoms with Crippen molar-refractivity contribution in [2.24, 2.45) is 0 Å². The lowest BCUT2D eigenvalue weighted by Crippen LogP contribution is -2.45. The van der Waals surface area contributed by atoms with Crippen LogP contribution in [0.3, 0.4) is 0 Å². The molecule has 2 aromatic heterocycles. The van der Waals surface area contributed by atoms with Crippen molar-refractivity contribution in [2.45, 2.75) is 118 Å². The fourth-order valence-electron chi connectivity index (χ4n) is 8.08. The summed E-state index contributed by atoms with van der Waals surface area (Å²) in [4.78, 5) is 29.9. The second-order valence-corrected chi connectivity index (χ2v) is 15.8. The van der Waals surface area contributed by atoms with Crippen LogP contribution in [0.2, 0.25) is 0 Å². The van der Waals surface area contributed by atoms with Gasteiger partial charge >= 0.3 is 0 Å². The molecule has 3 aliphatic heterocycles. The molecule has 0 spiro atoms. The quantitative estimate of drug-likeness (QED) is 0.136. The molecule has 0 bridgehead atoms. The number of halogens is 1. The van der Waals surface area contributed by atoms with Crippen molar-refractivity contribution in [1.29, 1.82) is 5.26 Å². The predicted molar refractivity (Wildman–Crippen MR) is 226 cm³/mol. The smallest absolute Gasteiger partial charge is 0.244 e. The molecular formula is C43H61FN8O2S. The minimum absolute atomic E-state index is 0.0619. The van der Waals surface area contributed by atoms with E-state index < -0.39 is 5.82 Å². The molecule has 0 radical (unpaired) electrons. The molecule has 0 saturated carbocycles. The Balaban J connectivity index is 0.000000423. The number of fused-ring (bicyclic) bond motifs is 4. The van der Waals surface area contributed by atoms with E-state index >= 15 is 4.39 Å². The molecule has 2 aromatic carbocycles. The zero-order chi connectivity index (χ0) is 39.6. The van der Waals surface area contributed by atoms with Crippen molar-refractivity contribution in [3.8, 4) is 17.2 Å². The Labute approximate surface area is 331 Å². The first-order valence-electron chi connectivity index (χ1n) is 20.5. The van der Waals surface area contributed by atoms with Crippen LogP contribution in [0.5, 0.6) is 0 Å². The number of benzene rings is 2. The van der Waals surface area contributed by atoms with E-state index in [2.05, 4.69) is 49.0 Å². The SMILES string of the molecule is CC.CCCCCN(C)CCC.CCCc1c(-c2ccc(F)c3sc(N)c(C#N)c23)c2c(c3c(NC4CCCN(C)C4=O)nc(N4CCCC4)nc13)COC2. The van der Waals surface area contributed by atoms with Crippen LogP contribution in [0, 0.1) is 17.1 Å². The molecule has 298 valence electrons. The number of thiophene rings is 1. The number of nitrogens with zero attached hydrogens (tertiary/aromatic N) is 6. The van der Waals surface area contributed by atoms with Crippen LogP contribution in [0.25, 0.3) is 32.1 Å². The van der Waals surface area contributed by atoms with E-state index in [-0.39, 0.29) is 11.9 Å². The summed E-state index contributed by atoms with van der Waals surface area (Å²) in [6.07, 6.45) is 10.7. The van der Waals surface area contributed by atoms with Gasteiger partial charge in [0.1, 0.15) is 28.7 Å². The number of aryl methyl sites for hydroxylation is 1. The van der Waals surface area contributed by atoms with Crippen LogP contribution in [0.15, 0.2) is 12.1 Å². The summed E-state index contributed by atoms with van der Waals surface area (Å²) in [5.74, 6) is 0.975. The van der Waals surface area contributed by atoms with Gasteiger partial charge in [-0.25, -0.2) is 9.37 Å². The zero-order valence-electron chi connectivity index (χ0n) is 34.1. The van der Waals surface area contributed by atoms with Crippen molar-refractivity contribution in [2.75, 3.05) is 62.8 Å².